The van der Waals surface area contributed by atoms with Crippen molar-refractivity contribution in [1.82, 2.24) is 19.8 Å². The van der Waals surface area contributed by atoms with Gasteiger partial charge in [-0.15, -0.1) is 0 Å². The number of urea groups is 1. The van der Waals surface area contributed by atoms with Crippen molar-refractivity contribution in [3.05, 3.63) is 72.4 Å². The first-order chi connectivity index (χ1) is 15.9. The van der Waals surface area contributed by atoms with Crippen molar-refractivity contribution in [2.24, 2.45) is 0 Å². The van der Waals surface area contributed by atoms with Gasteiger partial charge in [0.15, 0.2) is 11.5 Å². The van der Waals surface area contributed by atoms with E-state index in [1.54, 1.807) is 35.0 Å². The predicted octanol–water partition coefficient (Wildman–Crippen LogP) is 3.63. The number of halogens is 1. The highest BCUT2D eigenvalue weighted by atomic mass is 19.1. The van der Waals surface area contributed by atoms with Crippen LogP contribution in [0.4, 0.5) is 20.7 Å². The molecule has 8 nitrogen and oxygen atoms in total. The number of hydrogen-bond donors (Lipinski definition) is 2. The molecule has 0 saturated carbocycles. The number of amides is 3. The van der Waals surface area contributed by atoms with Crippen LogP contribution in [-0.2, 0) is 0 Å². The molecule has 2 aromatic carbocycles. The Bertz CT molecular complexity index is 1150. The monoisotopic (exact) mass is 448 g/mol. The number of nitrogens with two attached hydrogens (primary N) is 1. The smallest absolute Gasteiger partial charge is 0.321 e. The number of aromatic nitrogens is 2. The van der Waals surface area contributed by atoms with E-state index in [4.69, 9.17) is 5.73 Å². The summed E-state index contributed by atoms with van der Waals surface area (Å²) in [5.74, 6) is -0.423. The second-order valence-electron chi connectivity index (χ2n) is 7.94. The summed E-state index contributed by atoms with van der Waals surface area (Å²) in [5.41, 5.74) is 8.21. The molecule has 0 atom stereocenters. The van der Waals surface area contributed by atoms with Gasteiger partial charge in [0.25, 0.3) is 5.91 Å². The Hall–Kier alpha value is -4.01. The molecule has 1 aliphatic heterocycles. The molecule has 1 aromatic heterocycles. The second kappa shape index (κ2) is 9.64. The van der Waals surface area contributed by atoms with Crippen LogP contribution in [0, 0.1) is 5.82 Å². The summed E-state index contributed by atoms with van der Waals surface area (Å²) < 4.78 is 13.4. The van der Waals surface area contributed by atoms with E-state index in [1.165, 1.54) is 24.5 Å². The third kappa shape index (κ3) is 5.08. The van der Waals surface area contributed by atoms with Gasteiger partial charge in [-0.2, -0.15) is 0 Å². The van der Waals surface area contributed by atoms with Crippen LogP contribution < -0.4 is 11.1 Å². The van der Waals surface area contributed by atoms with Crippen molar-refractivity contribution in [3.8, 4) is 11.1 Å². The summed E-state index contributed by atoms with van der Waals surface area (Å²) in [7, 11) is 1.75. The van der Waals surface area contributed by atoms with Gasteiger partial charge >= 0.3 is 6.03 Å². The van der Waals surface area contributed by atoms with Crippen LogP contribution in [-0.4, -0.2) is 57.9 Å². The first kappa shape index (κ1) is 22.2. The largest absolute Gasteiger partial charge is 0.382 e. The Morgan fingerprint density at radius 2 is 1.76 bits per heavy atom. The van der Waals surface area contributed by atoms with Gasteiger partial charge < -0.3 is 20.9 Å². The van der Waals surface area contributed by atoms with Crippen LogP contribution in [0.1, 0.15) is 23.3 Å². The minimum Gasteiger partial charge on any atom is -0.382 e. The lowest BCUT2D eigenvalue weighted by molar-refractivity contribution is 0.0666. The fourth-order valence-electron chi connectivity index (χ4n) is 3.91. The van der Waals surface area contributed by atoms with E-state index < -0.39 is 0 Å². The zero-order valence-corrected chi connectivity index (χ0v) is 18.2. The average molecular weight is 449 g/mol. The van der Waals surface area contributed by atoms with E-state index in [9.17, 15) is 14.0 Å². The van der Waals surface area contributed by atoms with Crippen LogP contribution in [0.25, 0.3) is 11.1 Å². The van der Waals surface area contributed by atoms with Crippen molar-refractivity contribution >= 4 is 23.4 Å². The molecule has 170 valence electrons. The fraction of sp³-hybridized carbons (Fsp3) is 0.250. The highest BCUT2D eigenvalue weighted by Crippen LogP contribution is 2.23. The molecule has 2 heterocycles. The molecule has 1 fully saturated rings. The van der Waals surface area contributed by atoms with Gasteiger partial charge in [0.2, 0.25) is 0 Å². The van der Waals surface area contributed by atoms with Crippen molar-refractivity contribution in [1.29, 1.82) is 0 Å². The van der Waals surface area contributed by atoms with Crippen molar-refractivity contribution in [2.75, 3.05) is 31.2 Å². The summed E-state index contributed by atoms with van der Waals surface area (Å²) in [6, 6.07) is 13.4. The molecule has 3 amide bonds. The number of hydrogen-bond acceptors (Lipinski definition) is 5. The molecule has 0 spiro atoms. The maximum Gasteiger partial charge on any atom is 0.321 e. The predicted molar refractivity (Wildman–Crippen MR) is 124 cm³/mol. The Kier molecular flexibility index (Phi) is 6.48. The SMILES string of the molecule is CN(C(=O)Nc1ccc(-c2cccc(F)c2)cc1)C1CCN(C(=O)c2nccnc2N)CC1. The van der Waals surface area contributed by atoms with Gasteiger partial charge in [-0.05, 0) is 48.2 Å². The molecule has 3 aromatic rings. The lowest BCUT2D eigenvalue weighted by Crippen LogP contribution is -2.48. The van der Waals surface area contributed by atoms with Gasteiger partial charge in [-0.1, -0.05) is 24.3 Å². The van der Waals surface area contributed by atoms with Crippen LogP contribution in [0.2, 0.25) is 0 Å². The topological polar surface area (TPSA) is 104 Å². The summed E-state index contributed by atoms with van der Waals surface area (Å²) in [4.78, 5) is 36.7. The maximum atomic E-state index is 13.4. The number of carbonyl (C=O) groups excluding carboxylic acids is 2. The van der Waals surface area contributed by atoms with Crippen molar-refractivity contribution in [2.45, 2.75) is 18.9 Å². The van der Waals surface area contributed by atoms with E-state index in [0.29, 0.717) is 31.6 Å². The fourth-order valence-corrected chi connectivity index (χ4v) is 3.91. The summed E-state index contributed by atoms with van der Waals surface area (Å²) in [5, 5.41) is 2.89. The number of likely N-dealkylation sites (tertiary alicyclic amines) is 1. The Balaban J connectivity index is 1.32. The molecule has 0 bridgehead atoms. The zero-order chi connectivity index (χ0) is 23.4. The molecule has 9 heteroatoms. The molecule has 4 rings (SSSR count). The van der Waals surface area contributed by atoms with Crippen molar-refractivity contribution in [3.63, 3.8) is 0 Å². The Morgan fingerprint density at radius 3 is 2.42 bits per heavy atom. The minimum absolute atomic E-state index is 0.000165. The van der Waals surface area contributed by atoms with Gasteiger partial charge in [-0.25, -0.2) is 19.2 Å². The standard InChI is InChI=1S/C24H25FN6O2/c1-30(20-9-13-31(14-10-20)23(32)21-22(26)28-12-11-27-21)24(33)29-19-7-5-16(6-8-19)17-3-2-4-18(25)15-17/h2-8,11-12,15,20H,9-10,13-14H2,1H3,(H2,26,28)(H,29,33). The number of nitrogen functional groups attached to an aromatic ring is 1. The normalized spacial score (nSPS) is 14.1. The maximum absolute atomic E-state index is 13.4. The number of benzene rings is 2. The molecular formula is C24H25FN6O2. The van der Waals surface area contributed by atoms with Gasteiger partial charge in [-0.3, -0.25) is 4.79 Å². The van der Waals surface area contributed by atoms with E-state index in [0.717, 1.165) is 11.1 Å². The average Bonchev–Trinajstić information content (AvgIpc) is 2.84. The number of piperidine rings is 1. The lowest BCUT2D eigenvalue weighted by Gasteiger charge is -2.36. The molecule has 33 heavy (non-hydrogen) atoms. The molecule has 1 saturated heterocycles. The quantitative estimate of drug-likeness (QED) is 0.634. The summed E-state index contributed by atoms with van der Waals surface area (Å²) in [6.45, 7) is 0.999. The van der Waals surface area contributed by atoms with Gasteiger partial charge in [0.1, 0.15) is 5.82 Å². The van der Waals surface area contributed by atoms with E-state index in [2.05, 4.69) is 15.3 Å². The number of nitrogens with one attached hydrogen (secondary N) is 1. The molecular weight excluding hydrogens is 423 g/mol. The second-order valence-corrected chi connectivity index (χ2v) is 7.94. The highest BCUT2D eigenvalue weighted by molar-refractivity contribution is 5.96. The van der Waals surface area contributed by atoms with Gasteiger partial charge in [0, 0.05) is 44.3 Å². The van der Waals surface area contributed by atoms with E-state index in [-0.39, 0.29) is 35.3 Å². The summed E-state index contributed by atoms with van der Waals surface area (Å²) in [6.07, 6.45) is 4.18. The Labute approximate surface area is 191 Å². The minimum atomic E-state index is -0.292. The van der Waals surface area contributed by atoms with Crippen LogP contribution >= 0.6 is 0 Å². The molecule has 3 N–H and O–H groups in total. The molecule has 0 aliphatic carbocycles. The van der Waals surface area contributed by atoms with Crippen LogP contribution in [0.5, 0.6) is 0 Å². The zero-order valence-electron chi connectivity index (χ0n) is 18.2. The lowest BCUT2D eigenvalue weighted by atomic mass is 10.0. The molecule has 0 radical (unpaired) electrons. The van der Waals surface area contributed by atoms with Crippen LogP contribution in [0.3, 0.4) is 0 Å². The van der Waals surface area contributed by atoms with Crippen molar-refractivity contribution < 1.29 is 14.0 Å². The number of anilines is 2. The number of rotatable bonds is 4. The van der Waals surface area contributed by atoms with E-state index >= 15 is 0 Å². The number of carbonyl (C=O) groups is 2. The third-order valence-corrected chi connectivity index (χ3v) is 5.84. The first-order valence-electron chi connectivity index (χ1n) is 10.7. The van der Waals surface area contributed by atoms with Crippen LogP contribution in [0.15, 0.2) is 60.9 Å². The van der Waals surface area contributed by atoms with Gasteiger partial charge in [0.05, 0.1) is 0 Å². The number of nitrogens with zero attached hydrogens (tertiary/aromatic N) is 4. The Morgan fingerprint density at radius 1 is 1.06 bits per heavy atom. The summed E-state index contributed by atoms with van der Waals surface area (Å²) >= 11 is 0. The molecule has 1 aliphatic rings. The first-order valence-corrected chi connectivity index (χ1v) is 10.7. The third-order valence-electron chi connectivity index (χ3n) is 5.84. The molecule has 0 unspecified atom stereocenters. The highest BCUT2D eigenvalue weighted by Gasteiger charge is 2.29. The van der Waals surface area contributed by atoms with E-state index in [1.807, 2.05) is 18.2 Å².